The molecule has 2 aromatic carbocycles. The lowest BCUT2D eigenvalue weighted by Crippen LogP contribution is -2.59. The van der Waals surface area contributed by atoms with Crippen molar-refractivity contribution in [3.05, 3.63) is 111 Å². The molecular weight excluding hydrogens is 829 g/mol. The second-order valence-electron chi connectivity index (χ2n) is 17.3. The number of ketones is 1. The molecule has 0 radical (unpaired) electrons. The van der Waals surface area contributed by atoms with Crippen molar-refractivity contribution in [1.29, 1.82) is 0 Å². The highest BCUT2D eigenvalue weighted by molar-refractivity contribution is 7.17. The first-order chi connectivity index (χ1) is 29.0. The molecule has 1 spiro atoms. The fourth-order valence-corrected chi connectivity index (χ4v) is 9.95. The van der Waals surface area contributed by atoms with Gasteiger partial charge in [-0.05, 0) is 98.0 Å². The highest BCUT2D eigenvalue weighted by atomic mass is 32.1. The highest BCUT2D eigenvalue weighted by Gasteiger charge is 2.45. The van der Waals surface area contributed by atoms with Crippen LogP contribution in [0.2, 0.25) is 25.7 Å². The maximum Gasteiger partial charge on any atom is 0.435 e. The van der Waals surface area contributed by atoms with Gasteiger partial charge in [0.15, 0.2) is 5.69 Å². The van der Waals surface area contributed by atoms with Crippen molar-refractivity contribution in [2.24, 2.45) is 5.41 Å². The van der Waals surface area contributed by atoms with Gasteiger partial charge in [0.1, 0.15) is 24.1 Å². The van der Waals surface area contributed by atoms with E-state index in [0.29, 0.717) is 45.2 Å². The van der Waals surface area contributed by atoms with Gasteiger partial charge in [-0.1, -0.05) is 19.6 Å². The average Bonchev–Trinajstić information content (AvgIpc) is 3.81. The minimum absolute atomic E-state index is 0.125. The van der Waals surface area contributed by atoms with Crippen molar-refractivity contribution in [2.75, 3.05) is 54.6 Å². The summed E-state index contributed by atoms with van der Waals surface area (Å²) in [7, 11) is -1.48. The molecule has 2 saturated heterocycles. The number of carbonyl (C=O) groups excluding carboxylic acids is 3. The summed E-state index contributed by atoms with van der Waals surface area (Å²) >= 11 is 1.07. The van der Waals surface area contributed by atoms with E-state index in [-0.39, 0.29) is 47.3 Å². The number of nitrogens with zero attached hydrogens (tertiary/aromatic N) is 5. The van der Waals surface area contributed by atoms with Gasteiger partial charge in [-0.15, -0.1) is 11.3 Å². The summed E-state index contributed by atoms with van der Waals surface area (Å²) in [5.41, 5.74) is 2.29. The third-order valence-electron chi connectivity index (χ3n) is 11.4. The Morgan fingerprint density at radius 1 is 1.00 bits per heavy atom. The number of fused-ring (bicyclic) bond motifs is 3. The topological polar surface area (TPSA) is 119 Å². The number of carbonyl (C=O) groups is 3. The van der Waals surface area contributed by atoms with Gasteiger partial charge in [0.25, 0.3) is 11.8 Å². The molecule has 0 bridgehead atoms. The van der Waals surface area contributed by atoms with E-state index in [1.165, 1.54) is 23.1 Å². The van der Waals surface area contributed by atoms with Crippen LogP contribution in [0.25, 0.3) is 10.4 Å². The number of amides is 2. The molecule has 8 rings (SSSR count). The fraction of sp³-hybridized carbons (Fsp3) is 0.386. The van der Waals surface area contributed by atoms with Gasteiger partial charge in [0.05, 0.1) is 16.1 Å². The predicted molar refractivity (Wildman–Crippen MR) is 228 cm³/mol. The first-order valence-electron chi connectivity index (χ1n) is 20.2. The molecule has 0 saturated carbocycles. The van der Waals surface area contributed by atoms with Crippen LogP contribution in [0.4, 0.5) is 34.8 Å². The number of halogens is 4. The zero-order chi connectivity index (χ0) is 43.3. The number of nitrogens with one attached hydrogen (secondary N) is 1. The molecule has 2 fully saturated rings. The summed E-state index contributed by atoms with van der Waals surface area (Å²) in [6, 6.07) is 15.5. The predicted octanol–water partition coefficient (Wildman–Crippen LogP) is 9.09. The Morgan fingerprint density at radius 2 is 1.74 bits per heavy atom. The molecule has 1 N–H and O–H groups in total. The van der Waals surface area contributed by atoms with Crippen LogP contribution in [-0.2, 0) is 28.8 Å². The second-order valence-corrected chi connectivity index (χ2v) is 24.0. The van der Waals surface area contributed by atoms with Crippen molar-refractivity contribution in [3.63, 3.8) is 0 Å². The van der Waals surface area contributed by atoms with Crippen molar-refractivity contribution in [3.8, 4) is 10.4 Å². The molecule has 3 aliphatic heterocycles. The van der Waals surface area contributed by atoms with E-state index in [1.54, 1.807) is 36.5 Å². The number of pyridine rings is 1. The van der Waals surface area contributed by atoms with Crippen LogP contribution in [0.5, 0.6) is 0 Å². The summed E-state index contributed by atoms with van der Waals surface area (Å²) < 4.78 is 68.5. The van der Waals surface area contributed by atoms with Crippen LogP contribution < -0.4 is 15.1 Å². The highest BCUT2D eigenvalue weighted by Crippen LogP contribution is 2.44. The Kier molecular flexibility index (Phi) is 11.5. The number of aryl methyl sites for hydroxylation is 1. The van der Waals surface area contributed by atoms with Gasteiger partial charge in [0.2, 0.25) is 5.78 Å². The maximum atomic E-state index is 14.9. The number of ether oxygens (including phenoxy) is 2. The molecule has 320 valence electrons. The van der Waals surface area contributed by atoms with Gasteiger partial charge in [-0.2, -0.15) is 18.3 Å². The minimum atomic E-state index is -4.77. The Bertz CT molecular complexity index is 2480. The molecule has 0 atom stereocenters. The van der Waals surface area contributed by atoms with Gasteiger partial charge < -0.3 is 24.6 Å². The molecule has 2 amide bonds. The van der Waals surface area contributed by atoms with Gasteiger partial charge in [-0.25, -0.2) is 14.1 Å². The molecule has 3 aliphatic rings. The number of alkyl halides is 3. The third-order valence-corrected chi connectivity index (χ3v) is 14.3. The zero-order valence-electron chi connectivity index (χ0n) is 34.3. The molecule has 11 nitrogen and oxygen atoms in total. The summed E-state index contributed by atoms with van der Waals surface area (Å²) in [5.74, 6) is -1.33. The molecule has 0 unspecified atom stereocenters. The summed E-state index contributed by atoms with van der Waals surface area (Å²) in [6.45, 7) is 11.6. The smallest absolute Gasteiger partial charge is 0.381 e. The van der Waals surface area contributed by atoms with Gasteiger partial charge in [-0.3, -0.25) is 14.4 Å². The quantitative estimate of drug-likeness (QED) is 0.0605. The van der Waals surface area contributed by atoms with Crippen LogP contribution in [0.15, 0.2) is 66.9 Å². The van der Waals surface area contributed by atoms with Crippen LogP contribution in [-0.4, -0.2) is 79.9 Å². The normalized spacial score (nSPS) is 16.1. The number of aromatic nitrogens is 3. The van der Waals surface area contributed by atoms with Crippen molar-refractivity contribution < 1.29 is 41.4 Å². The van der Waals surface area contributed by atoms with E-state index in [0.717, 1.165) is 72.8 Å². The Labute approximate surface area is 355 Å². The molecule has 5 aromatic rings. The van der Waals surface area contributed by atoms with E-state index < -0.39 is 37.5 Å². The van der Waals surface area contributed by atoms with Crippen molar-refractivity contribution in [2.45, 2.75) is 64.8 Å². The largest absolute Gasteiger partial charge is 0.435 e. The number of hydrogen-bond acceptors (Lipinski definition) is 9. The summed E-state index contributed by atoms with van der Waals surface area (Å²) in [6.07, 6.45) is -0.770. The first-order valence-corrected chi connectivity index (χ1v) is 24.7. The fourth-order valence-electron chi connectivity index (χ4n) is 8.00. The first kappa shape index (κ1) is 42.5. The minimum Gasteiger partial charge on any atom is -0.381 e. The van der Waals surface area contributed by atoms with Gasteiger partial charge in [0, 0.05) is 86.9 Å². The Morgan fingerprint density at radius 3 is 2.44 bits per heavy atom. The number of anilines is 3. The van der Waals surface area contributed by atoms with Crippen LogP contribution >= 0.6 is 11.3 Å². The van der Waals surface area contributed by atoms with Crippen molar-refractivity contribution >= 4 is 54.2 Å². The monoisotopic (exact) mass is 874 g/mol. The van der Waals surface area contributed by atoms with E-state index in [9.17, 15) is 31.9 Å². The Balaban J connectivity index is 0.993. The van der Waals surface area contributed by atoms with Crippen LogP contribution in [0.1, 0.15) is 65.7 Å². The molecule has 6 heterocycles. The zero-order valence-corrected chi connectivity index (χ0v) is 36.1. The maximum absolute atomic E-state index is 14.9. The van der Waals surface area contributed by atoms with E-state index in [2.05, 4.69) is 39.9 Å². The Hall–Kier alpha value is -5.23. The lowest BCUT2D eigenvalue weighted by Gasteiger charge is -2.53. The van der Waals surface area contributed by atoms with Crippen molar-refractivity contribution in [1.82, 2.24) is 14.8 Å². The van der Waals surface area contributed by atoms with E-state index in [4.69, 9.17) is 9.47 Å². The molecule has 0 aliphatic carbocycles. The SMILES string of the molecule is Cc1cnc(N2CC3(CCOCC3)C2)c(C(=O)Nc2ccc(C(=O)N3CCc4cc(C(=O)c5cc(C(F)(F)F)nn5COCC[Si](C)(C)C)sc4-c4ccc(F)cc43)cc2)c1. The second kappa shape index (κ2) is 16.6. The lowest BCUT2D eigenvalue weighted by atomic mass is 9.73. The molecule has 61 heavy (non-hydrogen) atoms. The van der Waals surface area contributed by atoms with Gasteiger partial charge >= 0.3 is 6.18 Å². The van der Waals surface area contributed by atoms with E-state index in [1.807, 2.05) is 13.0 Å². The third kappa shape index (κ3) is 9.06. The van der Waals surface area contributed by atoms with Crippen LogP contribution in [0.3, 0.4) is 0 Å². The number of thiophene rings is 1. The number of benzene rings is 2. The molecular formula is C44H46F4N6O5SSi. The van der Waals surface area contributed by atoms with E-state index >= 15 is 0 Å². The molecule has 3 aromatic heterocycles. The average molecular weight is 875 g/mol. The number of rotatable bonds is 11. The number of hydrogen-bond donors (Lipinski definition) is 1. The van der Waals surface area contributed by atoms with Crippen LogP contribution in [0, 0.1) is 18.2 Å². The summed E-state index contributed by atoms with van der Waals surface area (Å²) in [4.78, 5) is 50.7. The standard InChI is InChI=1S/C44H46F4N6O5SSi/c1-27-19-33(40(49-23-27)52-24-43(25-52)12-15-58-16-13-43)41(56)50-31-8-5-28(6-9-31)42(57)53-14-11-29-20-36(60-39(29)32-10-7-30(45)21-34(32)53)38(55)35-22-37(44(46,47)48)51-54(35)26-59-17-18-61(2,3)4/h5-10,19-23H,11-18,24-26H2,1-4H3,(H,50,56). The lowest BCUT2D eigenvalue weighted by molar-refractivity contribution is -0.141. The molecule has 17 heteroatoms. The summed E-state index contributed by atoms with van der Waals surface area (Å²) in [5, 5.41) is 6.63.